The van der Waals surface area contributed by atoms with Gasteiger partial charge in [0.1, 0.15) is 0 Å². The van der Waals surface area contributed by atoms with E-state index in [1.807, 2.05) is 13.0 Å². The third kappa shape index (κ3) is 3.51. The first-order valence-electron chi connectivity index (χ1n) is 8.26. The number of thiophene rings is 1. The predicted octanol–water partition coefficient (Wildman–Crippen LogP) is 3.71. The van der Waals surface area contributed by atoms with Crippen molar-refractivity contribution < 1.29 is 9.59 Å². The van der Waals surface area contributed by atoms with Gasteiger partial charge in [-0.2, -0.15) is 0 Å². The van der Waals surface area contributed by atoms with Crippen LogP contribution in [0.5, 0.6) is 0 Å². The molecule has 1 heterocycles. The summed E-state index contributed by atoms with van der Waals surface area (Å²) in [5.74, 6) is 0.831. The lowest BCUT2D eigenvalue weighted by atomic mass is 9.86. The van der Waals surface area contributed by atoms with Crippen LogP contribution < -0.4 is 10.6 Å². The highest BCUT2D eigenvalue weighted by atomic mass is 32.1. The summed E-state index contributed by atoms with van der Waals surface area (Å²) in [5.41, 5.74) is 0.942. The second-order valence-corrected chi connectivity index (χ2v) is 7.78. The zero-order valence-corrected chi connectivity index (χ0v) is 14.1. The van der Waals surface area contributed by atoms with E-state index in [4.69, 9.17) is 0 Å². The molecule has 5 heteroatoms. The topological polar surface area (TPSA) is 58.2 Å². The maximum atomic E-state index is 12.5. The van der Waals surface area contributed by atoms with Gasteiger partial charge >= 0.3 is 0 Å². The van der Waals surface area contributed by atoms with E-state index < -0.39 is 0 Å². The van der Waals surface area contributed by atoms with Gasteiger partial charge in [0, 0.05) is 12.0 Å². The van der Waals surface area contributed by atoms with Crippen LogP contribution in [0, 0.1) is 18.8 Å². The molecule has 2 atom stereocenters. The van der Waals surface area contributed by atoms with E-state index in [-0.39, 0.29) is 23.8 Å². The SMILES string of the molecule is Cc1cc(NC(=O)C2CC2)sc1C(=O)NC1CCCCC1C. The molecule has 0 aromatic carbocycles. The van der Waals surface area contributed by atoms with Gasteiger partial charge < -0.3 is 10.6 Å². The standard InChI is InChI=1S/C17H24N2O2S/c1-10-5-3-4-6-13(10)18-17(21)15-11(2)9-14(22-15)19-16(20)12-7-8-12/h9-10,12-13H,3-8H2,1-2H3,(H,18,21)(H,19,20). The van der Waals surface area contributed by atoms with Gasteiger partial charge in [-0.15, -0.1) is 11.3 Å². The summed E-state index contributed by atoms with van der Waals surface area (Å²) < 4.78 is 0. The van der Waals surface area contributed by atoms with Gasteiger partial charge in [0.25, 0.3) is 5.91 Å². The van der Waals surface area contributed by atoms with Gasteiger partial charge in [0.2, 0.25) is 5.91 Å². The Morgan fingerprint density at radius 1 is 1.18 bits per heavy atom. The van der Waals surface area contributed by atoms with Crippen molar-refractivity contribution in [2.75, 3.05) is 5.32 Å². The summed E-state index contributed by atoms with van der Waals surface area (Å²) in [6.07, 6.45) is 6.70. The quantitative estimate of drug-likeness (QED) is 0.888. The maximum Gasteiger partial charge on any atom is 0.261 e. The van der Waals surface area contributed by atoms with Crippen molar-refractivity contribution >= 4 is 28.2 Å². The van der Waals surface area contributed by atoms with Crippen LogP contribution in [0.25, 0.3) is 0 Å². The van der Waals surface area contributed by atoms with Crippen LogP contribution in [0.1, 0.15) is 60.7 Å². The van der Waals surface area contributed by atoms with E-state index in [1.54, 1.807) is 0 Å². The van der Waals surface area contributed by atoms with E-state index in [1.165, 1.54) is 30.6 Å². The van der Waals surface area contributed by atoms with Gasteiger partial charge in [-0.1, -0.05) is 19.8 Å². The number of aryl methyl sites for hydroxylation is 1. The molecule has 0 radical (unpaired) electrons. The van der Waals surface area contributed by atoms with Crippen LogP contribution in [0.4, 0.5) is 5.00 Å². The largest absolute Gasteiger partial charge is 0.348 e. The molecule has 1 aromatic rings. The number of carbonyl (C=O) groups excluding carboxylic acids is 2. The number of hydrogen-bond donors (Lipinski definition) is 2. The summed E-state index contributed by atoms with van der Waals surface area (Å²) in [4.78, 5) is 25.1. The number of hydrogen-bond acceptors (Lipinski definition) is 3. The second-order valence-electron chi connectivity index (χ2n) is 6.73. The van der Waals surface area contributed by atoms with Crippen molar-refractivity contribution in [3.05, 3.63) is 16.5 Å². The molecule has 3 rings (SSSR count). The molecule has 2 fully saturated rings. The Hall–Kier alpha value is -1.36. The monoisotopic (exact) mass is 320 g/mol. The van der Waals surface area contributed by atoms with Crippen molar-refractivity contribution in [3.63, 3.8) is 0 Å². The summed E-state index contributed by atoms with van der Waals surface area (Å²) in [7, 11) is 0. The Morgan fingerprint density at radius 3 is 2.59 bits per heavy atom. The number of nitrogens with one attached hydrogen (secondary N) is 2. The molecule has 2 aliphatic carbocycles. The van der Waals surface area contributed by atoms with Crippen LogP contribution in [0.15, 0.2) is 6.07 Å². The lowest BCUT2D eigenvalue weighted by Gasteiger charge is -2.29. The fourth-order valence-electron chi connectivity index (χ4n) is 3.10. The number of amides is 2. The second kappa shape index (κ2) is 6.41. The first-order chi connectivity index (χ1) is 10.5. The molecule has 2 saturated carbocycles. The minimum absolute atomic E-state index is 0.00757. The van der Waals surface area contributed by atoms with Gasteiger partial charge in [-0.25, -0.2) is 0 Å². The Morgan fingerprint density at radius 2 is 1.91 bits per heavy atom. The molecule has 0 aliphatic heterocycles. The fourth-order valence-corrected chi connectivity index (χ4v) is 4.08. The molecule has 0 bridgehead atoms. The fraction of sp³-hybridized carbons (Fsp3) is 0.647. The van der Waals surface area contributed by atoms with Crippen molar-refractivity contribution in [2.24, 2.45) is 11.8 Å². The van der Waals surface area contributed by atoms with Crippen LogP contribution >= 0.6 is 11.3 Å². The van der Waals surface area contributed by atoms with E-state index in [0.717, 1.165) is 34.7 Å². The van der Waals surface area contributed by atoms with E-state index in [2.05, 4.69) is 17.6 Å². The lowest BCUT2D eigenvalue weighted by molar-refractivity contribution is -0.117. The molecule has 1 aromatic heterocycles. The average Bonchev–Trinajstić information content (AvgIpc) is 3.26. The predicted molar refractivity (Wildman–Crippen MR) is 89.3 cm³/mol. The van der Waals surface area contributed by atoms with Gasteiger partial charge in [-0.05, 0) is 50.2 Å². The van der Waals surface area contributed by atoms with Gasteiger partial charge in [-0.3, -0.25) is 9.59 Å². The van der Waals surface area contributed by atoms with E-state index in [0.29, 0.717) is 5.92 Å². The summed E-state index contributed by atoms with van der Waals surface area (Å²) in [6.45, 7) is 4.15. The number of rotatable bonds is 4. The molecule has 2 unspecified atom stereocenters. The summed E-state index contributed by atoms with van der Waals surface area (Å²) in [5, 5.41) is 6.91. The third-order valence-corrected chi connectivity index (χ3v) is 5.90. The highest BCUT2D eigenvalue weighted by Crippen LogP contribution is 2.33. The lowest BCUT2D eigenvalue weighted by Crippen LogP contribution is -2.40. The molecule has 2 N–H and O–H groups in total. The molecule has 22 heavy (non-hydrogen) atoms. The molecule has 120 valence electrons. The molecular formula is C17H24N2O2S. The minimum atomic E-state index is 0.00757. The summed E-state index contributed by atoms with van der Waals surface area (Å²) in [6, 6.07) is 2.19. The first-order valence-corrected chi connectivity index (χ1v) is 9.08. The van der Waals surface area contributed by atoms with Gasteiger partial charge in [0.05, 0.1) is 9.88 Å². The molecule has 4 nitrogen and oxygen atoms in total. The zero-order chi connectivity index (χ0) is 15.7. The average molecular weight is 320 g/mol. The minimum Gasteiger partial charge on any atom is -0.348 e. The Balaban J connectivity index is 1.64. The Bertz CT molecular complexity index is 577. The smallest absolute Gasteiger partial charge is 0.261 e. The van der Waals surface area contributed by atoms with Crippen molar-refractivity contribution in [1.82, 2.24) is 5.32 Å². The van der Waals surface area contributed by atoms with Crippen molar-refractivity contribution in [1.29, 1.82) is 0 Å². The molecular weight excluding hydrogens is 296 g/mol. The summed E-state index contributed by atoms with van der Waals surface area (Å²) >= 11 is 1.39. The third-order valence-electron chi connectivity index (χ3n) is 4.75. The van der Waals surface area contributed by atoms with E-state index in [9.17, 15) is 9.59 Å². The maximum absolute atomic E-state index is 12.5. The normalized spacial score (nSPS) is 24.8. The zero-order valence-electron chi connectivity index (χ0n) is 13.3. The molecule has 0 saturated heterocycles. The highest BCUT2D eigenvalue weighted by molar-refractivity contribution is 7.18. The van der Waals surface area contributed by atoms with Crippen molar-refractivity contribution in [3.8, 4) is 0 Å². The molecule has 0 spiro atoms. The number of carbonyl (C=O) groups is 2. The van der Waals surface area contributed by atoms with Crippen LogP contribution in [0.2, 0.25) is 0 Å². The van der Waals surface area contributed by atoms with Crippen LogP contribution in [0.3, 0.4) is 0 Å². The van der Waals surface area contributed by atoms with E-state index >= 15 is 0 Å². The first kappa shape index (κ1) is 15.5. The molecule has 2 aliphatic rings. The van der Waals surface area contributed by atoms with Crippen LogP contribution in [-0.4, -0.2) is 17.9 Å². The molecule has 2 amide bonds. The Kier molecular flexibility index (Phi) is 4.52. The van der Waals surface area contributed by atoms with Gasteiger partial charge in [0.15, 0.2) is 0 Å². The van der Waals surface area contributed by atoms with Crippen LogP contribution in [-0.2, 0) is 4.79 Å². The van der Waals surface area contributed by atoms with Crippen molar-refractivity contribution in [2.45, 2.75) is 58.4 Å². The Labute approximate surface area is 135 Å². The highest BCUT2D eigenvalue weighted by Gasteiger charge is 2.30. The number of anilines is 1.